The molecule has 0 atom stereocenters. The Labute approximate surface area is 172 Å². The van der Waals surface area contributed by atoms with Gasteiger partial charge in [-0.15, -0.1) is 0 Å². The SMILES string of the molecule is COc1ccc(C(CCOc2ccccc2)=C(F)B2OC(C)(C)C(C)(C)O2)cc1. The van der Waals surface area contributed by atoms with Crippen LogP contribution in [0, 0.1) is 0 Å². The number of hydrogen-bond acceptors (Lipinski definition) is 4. The zero-order valence-corrected chi connectivity index (χ0v) is 17.7. The van der Waals surface area contributed by atoms with Crippen molar-refractivity contribution in [2.75, 3.05) is 13.7 Å². The molecule has 2 aromatic rings. The minimum Gasteiger partial charge on any atom is -0.497 e. The van der Waals surface area contributed by atoms with Crippen molar-refractivity contribution in [2.45, 2.75) is 45.3 Å². The number of rotatable bonds is 7. The lowest BCUT2D eigenvalue weighted by Gasteiger charge is -2.32. The van der Waals surface area contributed by atoms with E-state index in [0.717, 1.165) is 11.3 Å². The molecular formula is C23H28BFO4. The van der Waals surface area contributed by atoms with E-state index in [2.05, 4.69) is 0 Å². The van der Waals surface area contributed by atoms with Gasteiger partial charge in [-0.25, -0.2) is 4.39 Å². The van der Waals surface area contributed by atoms with E-state index >= 15 is 4.39 Å². The van der Waals surface area contributed by atoms with Crippen LogP contribution in [0.15, 0.2) is 60.3 Å². The van der Waals surface area contributed by atoms with Crippen molar-refractivity contribution in [3.05, 3.63) is 65.9 Å². The quantitative estimate of drug-likeness (QED) is 0.579. The molecule has 0 spiro atoms. The number of hydrogen-bond donors (Lipinski definition) is 0. The van der Waals surface area contributed by atoms with E-state index in [1.54, 1.807) is 7.11 Å². The Hall–Kier alpha value is -2.31. The highest BCUT2D eigenvalue weighted by molar-refractivity contribution is 6.55. The second kappa shape index (κ2) is 8.60. The Morgan fingerprint density at radius 2 is 1.48 bits per heavy atom. The van der Waals surface area contributed by atoms with Crippen molar-refractivity contribution in [3.8, 4) is 11.5 Å². The fourth-order valence-corrected chi connectivity index (χ4v) is 3.07. The molecule has 0 aliphatic carbocycles. The van der Waals surface area contributed by atoms with Gasteiger partial charge in [0.2, 0.25) is 0 Å². The normalized spacial score (nSPS) is 18.3. The van der Waals surface area contributed by atoms with Crippen molar-refractivity contribution in [1.82, 2.24) is 0 Å². The summed E-state index contributed by atoms with van der Waals surface area (Å²) in [5.41, 5.74) is -0.400. The van der Waals surface area contributed by atoms with Gasteiger partial charge in [0.25, 0.3) is 0 Å². The Morgan fingerprint density at radius 3 is 2.03 bits per heavy atom. The number of halogens is 1. The van der Waals surface area contributed by atoms with Crippen LogP contribution in [0.4, 0.5) is 4.39 Å². The van der Waals surface area contributed by atoms with Crippen LogP contribution in [0.25, 0.3) is 5.57 Å². The third-order valence-electron chi connectivity index (χ3n) is 5.55. The van der Waals surface area contributed by atoms with Gasteiger partial charge in [-0.3, -0.25) is 0 Å². The van der Waals surface area contributed by atoms with Gasteiger partial charge < -0.3 is 18.8 Å². The van der Waals surface area contributed by atoms with Gasteiger partial charge in [-0.1, -0.05) is 30.3 Å². The first kappa shape index (κ1) is 21.4. The first-order valence-corrected chi connectivity index (χ1v) is 9.80. The summed E-state index contributed by atoms with van der Waals surface area (Å²) in [6.07, 6.45) is 0.372. The topological polar surface area (TPSA) is 36.9 Å². The average Bonchev–Trinajstić information content (AvgIpc) is 2.93. The Kier molecular flexibility index (Phi) is 6.34. The molecule has 0 aromatic heterocycles. The van der Waals surface area contributed by atoms with Gasteiger partial charge in [0.05, 0.1) is 24.9 Å². The summed E-state index contributed by atoms with van der Waals surface area (Å²) < 4.78 is 38.4. The Balaban J connectivity index is 1.85. The second-order valence-corrected chi connectivity index (χ2v) is 8.05. The maximum Gasteiger partial charge on any atom is 0.525 e. The van der Waals surface area contributed by atoms with Gasteiger partial charge in [0, 0.05) is 6.42 Å². The smallest absolute Gasteiger partial charge is 0.497 e. The molecule has 29 heavy (non-hydrogen) atoms. The molecule has 1 saturated heterocycles. The zero-order chi connectivity index (χ0) is 21.1. The number of ether oxygens (including phenoxy) is 2. The maximum atomic E-state index is 15.6. The first-order chi connectivity index (χ1) is 13.7. The van der Waals surface area contributed by atoms with Crippen LogP contribution >= 0.6 is 0 Å². The molecule has 0 saturated carbocycles. The fraction of sp³-hybridized carbons (Fsp3) is 0.391. The number of para-hydroxylation sites is 1. The van der Waals surface area contributed by atoms with Crippen LogP contribution in [0.1, 0.15) is 39.7 Å². The van der Waals surface area contributed by atoms with Crippen LogP contribution in [0.3, 0.4) is 0 Å². The monoisotopic (exact) mass is 398 g/mol. The highest BCUT2D eigenvalue weighted by Gasteiger charge is 2.53. The Morgan fingerprint density at radius 1 is 0.897 bits per heavy atom. The van der Waals surface area contributed by atoms with E-state index in [0.29, 0.717) is 24.4 Å². The zero-order valence-electron chi connectivity index (χ0n) is 17.7. The highest BCUT2D eigenvalue weighted by atomic mass is 19.1. The van der Waals surface area contributed by atoms with Crippen molar-refractivity contribution in [2.24, 2.45) is 0 Å². The van der Waals surface area contributed by atoms with E-state index in [-0.39, 0.29) is 0 Å². The molecule has 6 heteroatoms. The minimum atomic E-state index is -1.05. The highest BCUT2D eigenvalue weighted by Crippen LogP contribution is 2.40. The largest absolute Gasteiger partial charge is 0.525 e. The third-order valence-corrected chi connectivity index (χ3v) is 5.55. The van der Waals surface area contributed by atoms with E-state index in [1.807, 2.05) is 82.3 Å². The van der Waals surface area contributed by atoms with Crippen molar-refractivity contribution >= 4 is 12.7 Å². The molecule has 4 nitrogen and oxygen atoms in total. The van der Waals surface area contributed by atoms with E-state index in [1.165, 1.54) is 0 Å². The van der Waals surface area contributed by atoms with Crippen LogP contribution in [0.2, 0.25) is 0 Å². The minimum absolute atomic E-state index is 0.332. The van der Waals surface area contributed by atoms with E-state index in [9.17, 15) is 0 Å². The molecule has 0 bridgehead atoms. The Bertz CT molecular complexity index is 831. The fourth-order valence-electron chi connectivity index (χ4n) is 3.07. The predicted octanol–water partition coefficient (Wildman–Crippen LogP) is 5.48. The first-order valence-electron chi connectivity index (χ1n) is 9.80. The van der Waals surface area contributed by atoms with E-state index in [4.69, 9.17) is 18.8 Å². The molecular weight excluding hydrogens is 370 g/mol. The van der Waals surface area contributed by atoms with Crippen molar-refractivity contribution in [3.63, 3.8) is 0 Å². The van der Waals surface area contributed by atoms with Crippen LogP contribution in [-0.2, 0) is 9.31 Å². The summed E-state index contributed by atoms with van der Waals surface area (Å²) in [6.45, 7) is 7.97. The summed E-state index contributed by atoms with van der Waals surface area (Å²) in [4.78, 5) is 0. The molecule has 1 aliphatic rings. The lowest BCUT2D eigenvalue weighted by molar-refractivity contribution is 0.00578. The third kappa shape index (κ3) is 4.82. The number of methoxy groups -OCH3 is 1. The lowest BCUT2D eigenvalue weighted by Crippen LogP contribution is -2.41. The van der Waals surface area contributed by atoms with Gasteiger partial charge >= 0.3 is 7.12 Å². The molecule has 0 amide bonds. The van der Waals surface area contributed by atoms with Crippen LogP contribution < -0.4 is 9.47 Å². The summed E-state index contributed by atoms with van der Waals surface area (Å²) in [7, 11) is 0.554. The van der Waals surface area contributed by atoms with Crippen LogP contribution in [0.5, 0.6) is 11.5 Å². The predicted molar refractivity (Wildman–Crippen MR) is 114 cm³/mol. The lowest BCUT2D eigenvalue weighted by atomic mass is 9.82. The van der Waals surface area contributed by atoms with Gasteiger partial charge in [-0.2, -0.15) is 0 Å². The molecule has 1 aliphatic heterocycles. The average molecular weight is 398 g/mol. The van der Waals surface area contributed by atoms with Gasteiger partial charge in [0.15, 0.2) is 0 Å². The number of benzene rings is 2. The van der Waals surface area contributed by atoms with Crippen molar-refractivity contribution < 1.29 is 23.2 Å². The van der Waals surface area contributed by atoms with E-state index < -0.39 is 24.0 Å². The second-order valence-electron chi connectivity index (χ2n) is 8.05. The standard InChI is InChI=1S/C23H28BFO4/c1-22(2)23(3,4)29-24(28-22)21(25)20(17-11-13-18(26-5)14-12-17)15-16-27-19-9-7-6-8-10-19/h6-14H,15-16H2,1-5H3. The molecule has 0 N–H and O–H groups in total. The molecule has 1 heterocycles. The maximum absolute atomic E-state index is 15.6. The molecule has 0 unspecified atom stereocenters. The van der Waals surface area contributed by atoms with Crippen LogP contribution in [-0.4, -0.2) is 32.0 Å². The molecule has 0 radical (unpaired) electrons. The molecule has 1 fully saturated rings. The molecule has 154 valence electrons. The summed E-state index contributed by atoms with van der Waals surface area (Å²) in [5, 5.41) is 0. The van der Waals surface area contributed by atoms with Crippen molar-refractivity contribution in [1.29, 1.82) is 0 Å². The summed E-state index contributed by atoms with van der Waals surface area (Å²) in [6, 6.07) is 16.8. The van der Waals surface area contributed by atoms with Gasteiger partial charge in [-0.05, 0) is 63.1 Å². The molecule has 2 aromatic carbocycles. The summed E-state index contributed by atoms with van der Waals surface area (Å²) in [5.74, 6) is 1.46. The summed E-state index contributed by atoms with van der Waals surface area (Å²) >= 11 is 0. The van der Waals surface area contributed by atoms with Gasteiger partial charge in [0.1, 0.15) is 17.2 Å². The molecule has 3 rings (SSSR count).